The van der Waals surface area contributed by atoms with Gasteiger partial charge in [-0.05, 0) is 37.2 Å². The van der Waals surface area contributed by atoms with Crippen molar-refractivity contribution in [1.82, 2.24) is 15.5 Å². The molecule has 0 radical (unpaired) electrons. The van der Waals surface area contributed by atoms with Crippen molar-refractivity contribution in [1.29, 1.82) is 0 Å². The number of nitrogens with one attached hydrogen (secondary N) is 2. The molecule has 0 aliphatic carbocycles. The van der Waals surface area contributed by atoms with E-state index in [9.17, 15) is 19.5 Å². The predicted molar refractivity (Wildman–Crippen MR) is 136 cm³/mol. The number of rotatable bonds is 11. The van der Waals surface area contributed by atoms with Crippen LogP contribution in [-0.4, -0.2) is 64.2 Å². The second-order valence-electron chi connectivity index (χ2n) is 10.7. The molecule has 36 heavy (non-hydrogen) atoms. The topological polar surface area (TPSA) is 108 Å². The molecule has 1 spiro atoms. The zero-order valence-electron chi connectivity index (χ0n) is 22.0. The highest BCUT2D eigenvalue weighted by Crippen LogP contribution is 2.64. The Labute approximate surface area is 214 Å². The Kier molecular flexibility index (Phi) is 7.76. The summed E-state index contributed by atoms with van der Waals surface area (Å²) >= 11 is 0. The minimum Gasteiger partial charge on any atom is -0.394 e. The predicted octanol–water partition coefficient (Wildman–Crippen LogP) is 2.39. The summed E-state index contributed by atoms with van der Waals surface area (Å²) in [4.78, 5) is 43.1. The van der Waals surface area contributed by atoms with Crippen LogP contribution in [0.1, 0.15) is 65.4 Å². The van der Waals surface area contributed by atoms with Crippen molar-refractivity contribution < 1.29 is 24.2 Å². The monoisotopic (exact) mass is 499 g/mol. The minimum absolute atomic E-state index is 0.0247. The van der Waals surface area contributed by atoms with Crippen LogP contribution in [0.4, 0.5) is 0 Å². The first-order valence-electron chi connectivity index (χ1n) is 13.5. The van der Waals surface area contributed by atoms with Crippen LogP contribution in [0.25, 0.3) is 0 Å². The number of aliphatic hydroxyl groups is 1. The summed E-state index contributed by atoms with van der Waals surface area (Å²) in [6, 6.07) is 8.19. The van der Waals surface area contributed by atoms with E-state index in [0.29, 0.717) is 32.4 Å². The van der Waals surface area contributed by atoms with E-state index >= 15 is 0 Å². The van der Waals surface area contributed by atoms with Crippen molar-refractivity contribution in [2.45, 2.75) is 89.6 Å². The van der Waals surface area contributed by atoms with Gasteiger partial charge in [0.05, 0.1) is 30.1 Å². The van der Waals surface area contributed by atoms with Crippen molar-refractivity contribution in [3.05, 3.63) is 35.9 Å². The average molecular weight is 500 g/mol. The van der Waals surface area contributed by atoms with Crippen LogP contribution >= 0.6 is 0 Å². The molecule has 7 atom stereocenters. The fraction of sp³-hybridized carbons (Fsp3) is 0.679. The van der Waals surface area contributed by atoms with E-state index in [-0.39, 0.29) is 30.2 Å². The molecule has 8 nitrogen and oxygen atoms in total. The minimum atomic E-state index is -1.08. The van der Waals surface area contributed by atoms with Gasteiger partial charge in [-0.3, -0.25) is 14.4 Å². The molecule has 198 valence electrons. The standard InChI is InChI=1S/C28H41N3O5/c1-5-15-29-24(33)21-22-26(35)31(20(17-32)18(4)6-2)23(28(22)14-13-27(21,7-3)36-28)25(34)30-16-19-11-9-8-10-12-19/h8-12,18,20-23,32H,5-7,13-17H2,1-4H3,(H,29,33)(H,30,34)/t18-,20-,21-,22-,23?,27+,28?/m0/s1. The van der Waals surface area contributed by atoms with E-state index in [1.54, 1.807) is 4.90 Å². The van der Waals surface area contributed by atoms with Crippen molar-refractivity contribution in [2.75, 3.05) is 13.2 Å². The van der Waals surface area contributed by atoms with Gasteiger partial charge in [0.15, 0.2) is 0 Å². The van der Waals surface area contributed by atoms with Gasteiger partial charge >= 0.3 is 0 Å². The Balaban J connectivity index is 1.74. The van der Waals surface area contributed by atoms with Crippen molar-refractivity contribution in [2.24, 2.45) is 17.8 Å². The summed E-state index contributed by atoms with van der Waals surface area (Å²) < 4.78 is 6.76. The van der Waals surface area contributed by atoms with Crippen LogP contribution in [0.5, 0.6) is 0 Å². The Hall–Kier alpha value is -2.45. The maximum Gasteiger partial charge on any atom is 0.246 e. The molecule has 0 saturated carbocycles. The molecule has 1 aromatic carbocycles. The van der Waals surface area contributed by atoms with Crippen LogP contribution < -0.4 is 10.6 Å². The van der Waals surface area contributed by atoms with Gasteiger partial charge in [-0.25, -0.2) is 0 Å². The second-order valence-corrected chi connectivity index (χ2v) is 10.7. The highest BCUT2D eigenvalue weighted by molar-refractivity contribution is 5.99. The van der Waals surface area contributed by atoms with Gasteiger partial charge in [-0.15, -0.1) is 0 Å². The third-order valence-electron chi connectivity index (χ3n) is 8.85. The largest absolute Gasteiger partial charge is 0.394 e. The van der Waals surface area contributed by atoms with E-state index in [1.165, 1.54) is 0 Å². The van der Waals surface area contributed by atoms with E-state index < -0.39 is 35.1 Å². The highest BCUT2D eigenvalue weighted by Gasteiger charge is 2.79. The summed E-state index contributed by atoms with van der Waals surface area (Å²) in [6.07, 6.45) is 3.29. The quantitative estimate of drug-likeness (QED) is 0.433. The van der Waals surface area contributed by atoms with Gasteiger partial charge in [0.25, 0.3) is 0 Å². The van der Waals surface area contributed by atoms with Crippen LogP contribution in [0.3, 0.4) is 0 Å². The van der Waals surface area contributed by atoms with Gasteiger partial charge < -0.3 is 25.4 Å². The summed E-state index contributed by atoms with van der Waals surface area (Å²) in [5.74, 6) is -2.13. The van der Waals surface area contributed by atoms with Crippen molar-refractivity contribution in [3.8, 4) is 0 Å². The number of ether oxygens (including phenoxy) is 1. The SMILES string of the molecule is CCCNC(=O)[C@@H]1[C@H]2C(=O)N([C@@H](CO)[C@@H](C)CC)C(C(=O)NCc3ccccc3)C23CC[C@@]1(CC)O3. The van der Waals surface area contributed by atoms with Crippen LogP contribution in [-0.2, 0) is 25.7 Å². The first-order valence-corrected chi connectivity index (χ1v) is 13.5. The molecule has 3 N–H and O–H groups in total. The van der Waals surface area contributed by atoms with Crippen molar-refractivity contribution in [3.63, 3.8) is 0 Å². The second kappa shape index (κ2) is 10.5. The van der Waals surface area contributed by atoms with Gasteiger partial charge in [-0.2, -0.15) is 0 Å². The van der Waals surface area contributed by atoms with E-state index in [2.05, 4.69) is 10.6 Å². The molecule has 3 aliphatic rings. The van der Waals surface area contributed by atoms with Crippen molar-refractivity contribution >= 4 is 17.7 Å². The molecule has 3 heterocycles. The molecule has 1 aromatic rings. The molecule has 0 aromatic heterocycles. The average Bonchev–Trinajstić information content (AvgIpc) is 3.50. The molecule has 3 saturated heterocycles. The molecule has 3 fully saturated rings. The van der Waals surface area contributed by atoms with E-state index in [4.69, 9.17) is 4.74 Å². The number of fused-ring (bicyclic) bond motifs is 1. The van der Waals surface area contributed by atoms with Crippen LogP contribution in [0, 0.1) is 17.8 Å². The van der Waals surface area contributed by atoms with Crippen LogP contribution in [0.15, 0.2) is 30.3 Å². The summed E-state index contributed by atoms with van der Waals surface area (Å²) in [5.41, 5.74) is -0.883. The Bertz CT molecular complexity index is 971. The number of benzene rings is 1. The van der Waals surface area contributed by atoms with Gasteiger partial charge in [-0.1, -0.05) is 64.4 Å². The molecule has 4 rings (SSSR count). The van der Waals surface area contributed by atoms with E-state index in [0.717, 1.165) is 18.4 Å². The molecule has 2 bridgehead atoms. The third-order valence-corrected chi connectivity index (χ3v) is 8.85. The summed E-state index contributed by atoms with van der Waals surface area (Å²) in [5, 5.41) is 16.4. The Morgan fingerprint density at radius 3 is 2.47 bits per heavy atom. The molecular formula is C28H41N3O5. The lowest BCUT2D eigenvalue weighted by Gasteiger charge is -2.39. The smallest absolute Gasteiger partial charge is 0.246 e. The lowest BCUT2D eigenvalue weighted by atomic mass is 9.65. The number of amides is 3. The highest BCUT2D eigenvalue weighted by atomic mass is 16.5. The normalized spacial score (nSPS) is 32.3. The zero-order chi connectivity index (χ0) is 26.1. The number of carbonyl (C=O) groups is 3. The van der Waals surface area contributed by atoms with Gasteiger partial charge in [0.1, 0.15) is 11.6 Å². The number of hydrogen-bond donors (Lipinski definition) is 3. The molecule has 3 aliphatic heterocycles. The lowest BCUT2D eigenvalue weighted by molar-refractivity contribution is -0.152. The first-order chi connectivity index (χ1) is 17.3. The van der Waals surface area contributed by atoms with Gasteiger partial charge in [0, 0.05) is 13.1 Å². The maximum absolute atomic E-state index is 14.2. The zero-order valence-corrected chi connectivity index (χ0v) is 22.0. The number of likely N-dealkylation sites (tertiary alicyclic amines) is 1. The molecule has 8 heteroatoms. The fourth-order valence-corrected chi connectivity index (χ4v) is 6.77. The number of aliphatic hydroxyl groups excluding tert-OH is 1. The fourth-order valence-electron chi connectivity index (χ4n) is 6.77. The summed E-state index contributed by atoms with van der Waals surface area (Å²) in [7, 11) is 0. The first kappa shape index (κ1) is 26.6. The Morgan fingerprint density at radius 1 is 1.14 bits per heavy atom. The summed E-state index contributed by atoms with van der Waals surface area (Å²) in [6.45, 7) is 8.57. The third kappa shape index (κ3) is 4.12. The molecule has 2 unspecified atom stereocenters. The van der Waals surface area contributed by atoms with E-state index in [1.807, 2.05) is 58.0 Å². The Morgan fingerprint density at radius 2 is 1.86 bits per heavy atom. The molecular weight excluding hydrogens is 458 g/mol. The van der Waals surface area contributed by atoms with Crippen LogP contribution in [0.2, 0.25) is 0 Å². The number of carbonyl (C=O) groups excluding carboxylic acids is 3. The maximum atomic E-state index is 14.2. The number of hydrogen-bond acceptors (Lipinski definition) is 5. The van der Waals surface area contributed by atoms with Gasteiger partial charge in [0.2, 0.25) is 17.7 Å². The molecule has 3 amide bonds. The number of nitrogens with zero attached hydrogens (tertiary/aromatic N) is 1. The lowest BCUT2D eigenvalue weighted by Crippen LogP contribution is -2.59.